The molecule has 1 atom stereocenters. The Morgan fingerprint density at radius 2 is 2.25 bits per heavy atom. The molecular formula is C15H17BrFN3. The van der Waals surface area contributed by atoms with Crippen LogP contribution in [0.1, 0.15) is 36.6 Å². The van der Waals surface area contributed by atoms with Gasteiger partial charge in [-0.25, -0.2) is 9.37 Å². The van der Waals surface area contributed by atoms with E-state index < -0.39 is 0 Å². The molecule has 106 valence electrons. The minimum atomic E-state index is -0.233. The molecule has 20 heavy (non-hydrogen) atoms. The summed E-state index contributed by atoms with van der Waals surface area (Å²) in [6.45, 7) is 2.96. The van der Waals surface area contributed by atoms with Gasteiger partial charge >= 0.3 is 0 Å². The first-order chi connectivity index (χ1) is 9.66. The summed E-state index contributed by atoms with van der Waals surface area (Å²) in [6.07, 6.45) is 7.28. The Morgan fingerprint density at radius 3 is 3.00 bits per heavy atom. The first kappa shape index (κ1) is 13.8. The third-order valence-electron chi connectivity index (χ3n) is 3.83. The van der Waals surface area contributed by atoms with Crippen LogP contribution in [0.15, 0.2) is 29.1 Å². The van der Waals surface area contributed by atoms with Crippen LogP contribution >= 0.6 is 15.9 Å². The number of aromatic nitrogens is 2. The van der Waals surface area contributed by atoms with Crippen molar-refractivity contribution in [3.8, 4) is 5.69 Å². The van der Waals surface area contributed by atoms with E-state index in [0.29, 0.717) is 10.5 Å². The SMILES string of the molecule is Cc1cc(F)c(Br)cc1-n1cncc1C1CCCCN1. The molecule has 1 aromatic heterocycles. The van der Waals surface area contributed by atoms with Crippen LogP contribution in [0.3, 0.4) is 0 Å². The Hall–Kier alpha value is -1.20. The summed E-state index contributed by atoms with van der Waals surface area (Å²) in [5, 5.41) is 3.53. The minimum Gasteiger partial charge on any atom is -0.309 e. The van der Waals surface area contributed by atoms with Crippen molar-refractivity contribution in [2.75, 3.05) is 6.54 Å². The highest BCUT2D eigenvalue weighted by Crippen LogP contribution is 2.28. The zero-order valence-corrected chi connectivity index (χ0v) is 13.0. The van der Waals surface area contributed by atoms with Crippen molar-refractivity contribution in [1.29, 1.82) is 0 Å². The maximum Gasteiger partial charge on any atom is 0.137 e. The fourth-order valence-electron chi connectivity index (χ4n) is 2.76. The number of hydrogen-bond acceptors (Lipinski definition) is 2. The predicted molar refractivity (Wildman–Crippen MR) is 80.6 cm³/mol. The summed E-state index contributed by atoms with van der Waals surface area (Å²) < 4.78 is 16.1. The fourth-order valence-corrected chi connectivity index (χ4v) is 3.10. The molecule has 0 aliphatic carbocycles. The normalized spacial score (nSPS) is 19.2. The van der Waals surface area contributed by atoms with Crippen molar-refractivity contribution in [3.63, 3.8) is 0 Å². The standard InChI is InChI=1S/C15H17BrFN3/c1-10-6-12(17)11(16)7-14(10)20-9-18-8-15(20)13-4-2-3-5-19-13/h6-9,13,19H,2-5H2,1H3. The molecule has 0 spiro atoms. The molecule has 3 nitrogen and oxygen atoms in total. The molecule has 5 heteroatoms. The molecule has 0 radical (unpaired) electrons. The van der Waals surface area contributed by atoms with Gasteiger partial charge in [-0.15, -0.1) is 0 Å². The van der Waals surface area contributed by atoms with Gasteiger partial charge in [-0.1, -0.05) is 6.42 Å². The van der Waals surface area contributed by atoms with Gasteiger partial charge in [-0.05, 0) is 59.9 Å². The van der Waals surface area contributed by atoms with E-state index >= 15 is 0 Å². The monoisotopic (exact) mass is 337 g/mol. The second-order valence-corrected chi connectivity index (χ2v) is 6.10. The number of rotatable bonds is 2. The molecule has 1 saturated heterocycles. The number of aryl methyl sites for hydroxylation is 1. The number of benzene rings is 1. The molecule has 0 bridgehead atoms. The number of hydrogen-bond donors (Lipinski definition) is 1. The third-order valence-corrected chi connectivity index (χ3v) is 4.44. The lowest BCUT2D eigenvalue weighted by Crippen LogP contribution is -2.28. The van der Waals surface area contributed by atoms with Gasteiger partial charge in [-0.2, -0.15) is 0 Å². The average Bonchev–Trinajstić information content (AvgIpc) is 2.93. The second kappa shape index (κ2) is 5.66. The average molecular weight is 338 g/mol. The number of piperidine rings is 1. The van der Waals surface area contributed by atoms with Gasteiger partial charge in [0.15, 0.2) is 0 Å². The van der Waals surface area contributed by atoms with Crippen molar-refractivity contribution in [2.24, 2.45) is 0 Å². The summed E-state index contributed by atoms with van der Waals surface area (Å²) >= 11 is 3.26. The molecule has 2 aromatic rings. The van der Waals surface area contributed by atoms with Crippen LogP contribution in [0, 0.1) is 12.7 Å². The predicted octanol–water partition coefficient (Wildman–Crippen LogP) is 3.90. The summed E-state index contributed by atoms with van der Waals surface area (Å²) in [4.78, 5) is 4.28. The van der Waals surface area contributed by atoms with E-state index in [2.05, 4.69) is 30.8 Å². The highest BCUT2D eigenvalue weighted by molar-refractivity contribution is 9.10. The van der Waals surface area contributed by atoms with Gasteiger partial charge in [0, 0.05) is 6.04 Å². The summed E-state index contributed by atoms with van der Waals surface area (Å²) in [6, 6.07) is 3.70. The third kappa shape index (κ3) is 2.52. The minimum absolute atomic E-state index is 0.233. The molecule has 1 N–H and O–H groups in total. The Bertz CT molecular complexity index is 618. The lowest BCUT2D eigenvalue weighted by atomic mass is 10.0. The van der Waals surface area contributed by atoms with Crippen LogP contribution in [0.25, 0.3) is 5.69 Å². The summed E-state index contributed by atoms with van der Waals surface area (Å²) in [5.74, 6) is -0.233. The number of halogens is 2. The summed E-state index contributed by atoms with van der Waals surface area (Å²) in [5.41, 5.74) is 3.02. The highest BCUT2D eigenvalue weighted by atomic mass is 79.9. The molecule has 1 unspecified atom stereocenters. The zero-order valence-electron chi connectivity index (χ0n) is 11.4. The number of imidazole rings is 1. The topological polar surface area (TPSA) is 29.9 Å². The van der Waals surface area contributed by atoms with Crippen LogP contribution in [-0.2, 0) is 0 Å². The second-order valence-electron chi connectivity index (χ2n) is 5.24. The van der Waals surface area contributed by atoms with Crippen molar-refractivity contribution >= 4 is 15.9 Å². The maximum absolute atomic E-state index is 13.6. The smallest absolute Gasteiger partial charge is 0.137 e. The van der Waals surface area contributed by atoms with Gasteiger partial charge < -0.3 is 9.88 Å². The van der Waals surface area contributed by atoms with Crippen LogP contribution in [0.4, 0.5) is 4.39 Å². The van der Waals surface area contributed by atoms with Crippen molar-refractivity contribution in [2.45, 2.75) is 32.2 Å². The molecule has 1 aliphatic heterocycles. The van der Waals surface area contributed by atoms with E-state index in [1.54, 1.807) is 12.4 Å². The largest absolute Gasteiger partial charge is 0.309 e. The quantitative estimate of drug-likeness (QED) is 0.900. The van der Waals surface area contributed by atoms with E-state index in [-0.39, 0.29) is 5.82 Å². The maximum atomic E-state index is 13.6. The molecule has 1 fully saturated rings. The van der Waals surface area contributed by atoms with Gasteiger partial charge in [-0.3, -0.25) is 0 Å². The number of nitrogens with zero attached hydrogens (tertiary/aromatic N) is 2. The zero-order chi connectivity index (χ0) is 14.1. The Morgan fingerprint density at radius 1 is 1.40 bits per heavy atom. The van der Waals surface area contributed by atoms with E-state index in [1.165, 1.54) is 12.8 Å². The van der Waals surface area contributed by atoms with Gasteiger partial charge in [0.25, 0.3) is 0 Å². The number of nitrogens with one attached hydrogen (secondary N) is 1. The molecule has 0 amide bonds. The van der Waals surface area contributed by atoms with E-state index in [9.17, 15) is 4.39 Å². The van der Waals surface area contributed by atoms with Crippen molar-refractivity contribution in [3.05, 3.63) is 46.2 Å². The highest BCUT2D eigenvalue weighted by Gasteiger charge is 2.20. The van der Waals surface area contributed by atoms with Crippen LogP contribution in [-0.4, -0.2) is 16.1 Å². The van der Waals surface area contributed by atoms with Crippen LogP contribution in [0.5, 0.6) is 0 Å². The van der Waals surface area contributed by atoms with Gasteiger partial charge in [0.2, 0.25) is 0 Å². The lowest BCUT2D eigenvalue weighted by molar-refractivity contribution is 0.401. The Balaban J connectivity index is 2.03. The lowest BCUT2D eigenvalue weighted by Gasteiger charge is -2.25. The Kier molecular flexibility index (Phi) is 3.89. The molecule has 0 saturated carbocycles. The first-order valence-corrected chi connectivity index (χ1v) is 7.68. The molecule has 3 rings (SSSR count). The fraction of sp³-hybridized carbons (Fsp3) is 0.400. The van der Waals surface area contributed by atoms with Crippen molar-refractivity contribution in [1.82, 2.24) is 14.9 Å². The van der Waals surface area contributed by atoms with E-state index in [4.69, 9.17) is 0 Å². The van der Waals surface area contributed by atoms with E-state index in [0.717, 1.165) is 29.9 Å². The van der Waals surface area contributed by atoms with Crippen LogP contribution < -0.4 is 5.32 Å². The van der Waals surface area contributed by atoms with E-state index in [1.807, 2.05) is 19.2 Å². The van der Waals surface area contributed by atoms with Gasteiger partial charge in [0.1, 0.15) is 5.82 Å². The molecular weight excluding hydrogens is 321 g/mol. The van der Waals surface area contributed by atoms with Crippen LogP contribution in [0.2, 0.25) is 0 Å². The molecule has 1 aliphatic rings. The van der Waals surface area contributed by atoms with Gasteiger partial charge in [0.05, 0.1) is 28.4 Å². The molecule has 2 heterocycles. The summed E-state index contributed by atoms with van der Waals surface area (Å²) in [7, 11) is 0. The van der Waals surface area contributed by atoms with Crippen molar-refractivity contribution < 1.29 is 4.39 Å². The Labute approximate surface area is 126 Å². The first-order valence-electron chi connectivity index (χ1n) is 6.88. The molecule has 1 aromatic carbocycles.